The summed E-state index contributed by atoms with van der Waals surface area (Å²) in [5.74, 6) is 1.26. The standard InChI is InChI=1S/C23H17N3O4/c27-21(17-8-6-16(7-9-17)15-4-2-1-3-5-15)24-23-26-25-22(30-23)18-10-11-19-20(14-18)29-13-12-28-19/h1-11,14H,12-13H2,(H,24,26,27). The van der Waals surface area contributed by atoms with Crippen LogP contribution >= 0.6 is 0 Å². The molecular formula is C23H17N3O4. The van der Waals surface area contributed by atoms with Gasteiger partial charge in [0.1, 0.15) is 13.2 Å². The maximum absolute atomic E-state index is 12.5. The fourth-order valence-electron chi connectivity index (χ4n) is 3.18. The topological polar surface area (TPSA) is 86.5 Å². The highest BCUT2D eigenvalue weighted by Crippen LogP contribution is 2.34. The highest BCUT2D eigenvalue weighted by atomic mass is 16.6. The van der Waals surface area contributed by atoms with Crippen LogP contribution in [0.3, 0.4) is 0 Å². The van der Waals surface area contributed by atoms with Crippen LogP contribution < -0.4 is 14.8 Å². The van der Waals surface area contributed by atoms with Crippen molar-refractivity contribution in [1.82, 2.24) is 10.2 Å². The average molecular weight is 399 g/mol. The molecule has 0 atom stereocenters. The lowest BCUT2D eigenvalue weighted by atomic mass is 10.0. The van der Waals surface area contributed by atoms with Crippen LogP contribution in [-0.2, 0) is 0 Å². The molecule has 1 aliphatic rings. The summed E-state index contributed by atoms with van der Waals surface area (Å²) in [5.41, 5.74) is 3.30. The Balaban J connectivity index is 1.30. The Morgan fingerprint density at radius 3 is 2.27 bits per heavy atom. The molecule has 2 heterocycles. The third-order valence-electron chi connectivity index (χ3n) is 4.69. The largest absolute Gasteiger partial charge is 0.486 e. The third-order valence-corrected chi connectivity index (χ3v) is 4.69. The van der Waals surface area contributed by atoms with Crippen LogP contribution in [0.5, 0.6) is 11.5 Å². The molecule has 3 aromatic carbocycles. The first-order chi connectivity index (χ1) is 14.8. The summed E-state index contributed by atoms with van der Waals surface area (Å²) in [6.45, 7) is 1.01. The second-order valence-corrected chi connectivity index (χ2v) is 6.67. The van der Waals surface area contributed by atoms with Crippen LogP contribution in [0.2, 0.25) is 0 Å². The molecule has 4 aromatic rings. The number of carbonyl (C=O) groups is 1. The van der Waals surface area contributed by atoms with Crippen molar-refractivity contribution in [1.29, 1.82) is 0 Å². The number of benzene rings is 3. The van der Waals surface area contributed by atoms with E-state index in [4.69, 9.17) is 13.9 Å². The summed E-state index contributed by atoms with van der Waals surface area (Å²) >= 11 is 0. The van der Waals surface area contributed by atoms with Gasteiger partial charge in [-0.05, 0) is 41.5 Å². The second-order valence-electron chi connectivity index (χ2n) is 6.67. The number of aromatic nitrogens is 2. The smallest absolute Gasteiger partial charge is 0.322 e. The first kappa shape index (κ1) is 17.9. The molecule has 1 aromatic heterocycles. The molecule has 0 fully saturated rings. The lowest BCUT2D eigenvalue weighted by Crippen LogP contribution is -2.15. The van der Waals surface area contributed by atoms with E-state index in [1.807, 2.05) is 42.5 Å². The van der Waals surface area contributed by atoms with Gasteiger partial charge in [0.2, 0.25) is 5.89 Å². The molecule has 30 heavy (non-hydrogen) atoms. The predicted molar refractivity (Wildman–Crippen MR) is 111 cm³/mol. The average Bonchev–Trinajstić information content (AvgIpc) is 3.28. The Kier molecular flexibility index (Phi) is 4.61. The number of nitrogens with one attached hydrogen (secondary N) is 1. The van der Waals surface area contributed by atoms with Crippen molar-refractivity contribution in [3.05, 3.63) is 78.4 Å². The van der Waals surface area contributed by atoms with Gasteiger partial charge in [-0.25, -0.2) is 0 Å². The molecule has 0 saturated heterocycles. The van der Waals surface area contributed by atoms with E-state index in [0.717, 1.165) is 11.1 Å². The van der Waals surface area contributed by atoms with Crippen molar-refractivity contribution in [2.45, 2.75) is 0 Å². The molecule has 7 heteroatoms. The van der Waals surface area contributed by atoms with Gasteiger partial charge in [0.15, 0.2) is 11.5 Å². The Hall–Kier alpha value is -4.13. The minimum atomic E-state index is -0.327. The Bertz CT molecular complexity index is 1190. The molecule has 7 nitrogen and oxygen atoms in total. The molecule has 1 amide bonds. The van der Waals surface area contributed by atoms with Crippen molar-refractivity contribution in [3.63, 3.8) is 0 Å². The minimum Gasteiger partial charge on any atom is -0.486 e. The number of fused-ring (bicyclic) bond motifs is 1. The first-order valence-corrected chi connectivity index (χ1v) is 9.47. The van der Waals surface area contributed by atoms with Crippen molar-refractivity contribution in [2.75, 3.05) is 18.5 Å². The quantitative estimate of drug-likeness (QED) is 0.546. The van der Waals surface area contributed by atoms with Crippen LogP contribution in [0.1, 0.15) is 10.4 Å². The van der Waals surface area contributed by atoms with Gasteiger partial charge in [-0.2, -0.15) is 0 Å². The maximum Gasteiger partial charge on any atom is 0.322 e. The lowest BCUT2D eigenvalue weighted by Gasteiger charge is -2.18. The van der Waals surface area contributed by atoms with Crippen LogP contribution in [-0.4, -0.2) is 29.3 Å². The van der Waals surface area contributed by atoms with Gasteiger partial charge in [0, 0.05) is 11.1 Å². The van der Waals surface area contributed by atoms with Gasteiger partial charge >= 0.3 is 6.01 Å². The number of anilines is 1. The van der Waals surface area contributed by atoms with Crippen LogP contribution in [0.15, 0.2) is 77.2 Å². The third kappa shape index (κ3) is 3.60. The van der Waals surface area contributed by atoms with E-state index >= 15 is 0 Å². The number of carbonyl (C=O) groups excluding carboxylic acids is 1. The predicted octanol–water partition coefficient (Wildman–Crippen LogP) is 4.43. The molecule has 1 N–H and O–H groups in total. The van der Waals surface area contributed by atoms with E-state index in [-0.39, 0.29) is 17.8 Å². The van der Waals surface area contributed by atoms with Gasteiger partial charge < -0.3 is 13.9 Å². The normalized spacial score (nSPS) is 12.4. The number of hydrogen-bond acceptors (Lipinski definition) is 6. The summed E-state index contributed by atoms with van der Waals surface area (Å²) in [6, 6.07) is 22.7. The molecule has 148 valence electrons. The monoisotopic (exact) mass is 399 g/mol. The van der Waals surface area contributed by atoms with Crippen molar-refractivity contribution >= 4 is 11.9 Å². The van der Waals surface area contributed by atoms with E-state index in [2.05, 4.69) is 15.5 Å². The van der Waals surface area contributed by atoms with Gasteiger partial charge in [-0.3, -0.25) is 10.1 Å². The Labute approximate surface area is 172 Å². The molecule has 0 aliphatic carbocycles. The molecule has 0 bridgehead atoms. The maximum atomic E-state index is 12.5. The zero-order valence-electron chi connectivity index (χ0n) is 15.9. The molecular weight excluding hydrogens is 382 g/mol. The molecule has 1 aliphatic heterocycles. The van der Waals surface area contributed by atoms with E-state index in [1.54, 1.807) is 30.3 Å². The first-order valence-electron chi connectivity index (χ1n) is 9.47. The fraction of sp³-hybridized carbons (Fsp3) is 0.0870. The SMILES string of the molecule is O=C(Nc1nnc(-c2ccc3c(c2)OCCO3)o1)c1ccc(-c2ccccc2)cc1. The highest BCUT2D eigenvalue weighted by Gasteiger charge is 2.17. The highest BCUT2D eigenvalue weighted by molar-refractivity contribution is 6.03. The van der Waals surface area contributed by atoms with Gasteiger partial charge in [0.05, 0.1) is 0 Å². The molecule has 0 unspecified atom stereocenters. The molecule has 5 rings (SSSR count). The van der Waals surface area contributed by atoms with E-state index in [0.29, 0.717) is 35.8 Å². The van der Waals surface area contributed by atoms with Gasteiger partial charge in [0.25, 0.3) is 5.91 Å². The van der Waals surface area contributed by atoms with Gasteiger partial charge in [-0.1, -0.05) is 47.6 Å². The Morgan fingerprint density at radius 2 is 1.47 bits per heavy atom. The van der Waals surface area contributed by atoms with Crippen molar-refractivity contribution in [3.8, 4) is 34.1 Å². The minimum absolute atomic E-state index is 0.0250. The van der Waals surface area contributed by atoms with Crippen molar-refractivity contribution < 1.29 is 18.7 Å². The van der Waals surface area contributed by atoms with Crippen LogP contribution in [0.4, 0.5) is 6.01 Å². The van der Waals surface area contributed by atoms with E-state index in [1.165, 1.54) is 0 Å². The van der Waals surface area contributed by atoms with Crippen LogP contribution in [0.25, 0.3) is 22.6 Å². The summed E-state index contributed by atoms with van der Waals surface area (Å²) < 4.78 is 16.7. The molecule has 0 saturated carbocycles. The zero-order valence-corrected chi connectivity index (χ0v) is 15.9. The number of nitrogens with zero attached hydrogens (tertiary/aromatic N) is 2. The Morgan fingerprint density at radius 1 is 0.767 bits per heavy atom. The second kappa shape index (κ2) is 7.71. The lowest BCUT2D eigenvalue weighted by molar-refractivity contribution is 0.102. The summed E-state index contributed by atoms with van der Waals surface area (Å²) in [7, 11) is 0. The summed E-state index contributed by atoms with van der Waals surface area (Å²) in [4.78, 5) is 12.5. The van der Waals surface area contributed by atoms with E-state index < -0.39 is 0 Å². The van der Waals surface area contributed by atoms with Crippen LogP contribution in [0, 0.1) is 0 Å². The number of rotatable bonds is 4. The number of amides is 1. The molecule has 0 spiro atoms. The summed E-state index contributed by atoms with van der Waals surface area (Å²) in [6.07, 6.45) is 0. The molecule has 0 radical (unpaired) electrons. The fourth-order valence-corrected chi connectivity index (χ4v) is 3.18. The number of ether oxygens (including phenoxy) is 2. The summed E-state index contributed by atoms with van der Waals surface area (Å²) in [5, 5.41) is 10.6. The van der Waals surface area contributed by atoms with Gasteiger partial charge in [-0.15, -0.1) is 5.10 Å². The van der Waals surface area contributed by atoms with E-state index in [9.17, 15) is 4.79 Å². The van der Waals surface area contributed by atoms with Crippen molar-refractivity contribution in [2.24, 2.45) is 0 Å². The zero-order chi connectivity index (χ0) is 20.3. The number of hydrogen-bond donors (Lipinski definition) is 1.